The maximum Gasteiger partial charge on any atom is 0.235 e. The number of rotatable bonds is 7. The van der Waals surface area contributed by atoms with Crippen LogP contribution in [0.2, 0.25) is 0 Å². The number of amides is 1. The summed E-state index contributed by atoms with van der Waals surface area (Å²) in [6.07, 6.45) is 0.312. The quantitative estimate of drug-likeness (QED) is 0.661. The van der Waals surface area contributed by atoms with E-state index in [0.717, 1.165) is 5.56 Å². The highest BCUT2D eigenvalue weighted by atomic mass is 19.1. The van der Waals surface area contributed by atoms with Crippen LogP contribution in [-0.2, 0) is 11.2 Å². The summed E-state index contributed by atoms with van der Waals surface area (Å²) in [6, 6.07) is 10.9. The van der Waals surface area contributed by atoms with Crippen LogP contribution in [0, 0.1) is 5.82 Å². The van der Waals surface area contributed by atoms with E-state index in [4.69, 9.17) is 9.47 Å². The highest BCUT2D eigenvalue weighted by molar-refractivity contribution is 5.95. The molecule has 0 aliphatic rings. The third-order valence-corrected chi connectivity index (χ3v) is 3.99. The molecule has 3 rings (SSSR count). The van der Waals surface area contributed by atoms with Crippen LogP contribution < -0.4 is 14.8 Å². The molecule has 0 aliphatic heterocycles. The van der Waals surface area contributed by atoms with E-state index in [0.29, 0.717) is 23.6 Å². The molecule has 9 heteroatoms. The van der Waals surface area contributed by atoms with Gasteiger partial charge in [-0.2, -0.15) is 5.21 Å². The van der Waals surface area contributed by atoms with E-state index >= 15 is 0 Å². The molecule has 27 heavy (non-hydrogen) atoms. The second kappa shape index (κ2) is 8.26. The van der Waals surface area contributed by atoms with E-state index in [1.165, 1.54) is 24.3 Å². The first-order valence-electron chi connectivity index (χ1n) is 8.11. The number of tetrazole rings is 1. The van der Waals surface area contributed by atoms with Crippen molar-refractivity contribution in [2.24, 2.45) is 0 Å². The van der Waals surface area contributed by atoms with Crippen LogP contribution in [0.1, 0.15) is 17.3 Å². The van der Waals surface area contributed by atoms with Crippen LogP contribution in [0.25, 0.3) is 0 Å². The Labute approximate surface area is 154 Å². The second-order valence-electron chi connectivity index (χ2n) is 5.71. The number of aromatic amines is 1. The Hall–Kier alpha value is -3.49. The monoisotopic (exact) mass is 371 g/mol. The van der Waals surface area contributed by atoms with Crippen LogP contribution >= 0.6 is 0 Å². The van der Waals surface area contributed by atoms with Gasteiger partial charge in [-0.25, -0.2) is 4.39 Å². The van der Waals surface area contributed by atoms with Gasteiger partial charge in [-0.1, -0.05) is 11.3 Å². The van der Waals surface area contributed by atoms with Gasteiger partial charge in [0.1, 0.15) is 11.7 Å². The highest BCUT2D eigenvalue weighted by Gasteiger charge is 2.26. The Morgan fingerprint density at radius 1 is 1.15 bits per heavy atom. The van der Waals surface area contributed by atoms with Crippen molar-refractivity contribution >= 4 is 11.6 Å². The summed E-state index contributed by atoms with van der Waals surface area (Å²) in [7, 11) is 3.09. The molecule has 0 saturated carbocycles. The fourth-order valence-corrected chi connectivity index (χ4v) is 2.62. The van der Waals surface area contributed by atoms with Crippen molar-refractivity contribution in [3.8, 4) is 11.5 Å². The average Bonchev–Trinajstić information content (AvgIpc) is 3.22. The van der Waals surface area contributed by atoms with Crippen molar-refractivity contribution in [2.45, 2.75) is 12.3 Å². The largest absolute Gasteiger partial charge is 0.493 e. The van der Waals surface area contributed by atoms with Crippen LogP contribution in [0.3, 0.4) is 0 Å². The van der Waals surface area contributed by atoms with Crippen molar-refractivity contribution in [1.82, 2.24) is 20.6 Å². The van der Waals surface area contributed by atoms with Gasteiger partial charge in [0, 0.05) is 5.69 Å². The lowest BCUT2D eigenvalue weighted by molar-refractivity contribution is -0.117. The van der Waals surface area contributed by atoms with Crippen LogP contribution in [0.4, 0.5) is 10.1 Å². The standard InChI is InChI=1S/C18H18FN5O3/c1-26-15-8-3-11(10-16(15)27-2)9-14(17-21-23-24-22-17)18(25)20-13-6-4-12(19)5-7-13/h3-8,10,14H,9H2,1-2H3,(H,20,25)(H,21,22,23,24). The van der Waals surface area contributed by atoms with Gasteiger partial charge in [0.15, 0.2) is 17.3 Å². The summed E-state index contributed by atoms with van der Waals surface area (Å²) in [4.78, 5) is 12.8. The zero-order valence-corrected chi connectivity index (χ0v) is 14.8. The number of carbonyl (C=O) groups is 1. The lowest BCUT2D eigenvalue weighted by Crippen LogP contribution is -2.24. The maximum absolute atomic E-state index is 13.1. The second-order valence-corrected chi connectivity index (χ2v) is 5.71. The van der Waals surface area contributed by atoms with E-state index in [-0.39, 0.29) is 17.5 Å². The van der Waals surface area contributed by atoms with Crippen molar-refractivity contribution in [3.63, 3.8) is 0 Å². The van der Waals surface area contributed by atoms with E-state index < -0.39 is 5.92 Å². The Morgan fingerprint density at radius 2 is 1.89 bits per heavy atom. The van der Waals surface area contributed by atoms with E-state index in [1.54, 1.807) is 26.4 Å². The molecule has 140 valence electrons. The summed E-state index contributed by atoms with van der Waals surface area (Å²) in [6.45, 7) is 0. The minimum absolute atomic E-state index is 0.254. The molecule has 1 atom stereocenters. The lowest BCUT2D eigenvalue weighted by Gasteiger charge is -2.15. The Kier molecular flexibility index (Phi) is 5.60. The Bertz CT molecular complexity index is 900. The van der Waals surface area contributed by atoms with Gasteiger partial charge in [0.25, 0.3) is 0 Å². The minimum atomic E-state index is -0.702. The number of aromatic nitrogens is 4. The van der Waals surface area contributed by atoms with Gasteiger partial charge >= 0.3 is 0 Å². The van der Waals surface area contributed by atoms with Gasteiger partial charge in [0.2, 0.25) is 5.91 Å². The molecule has 0 fully saturated rings. The van der Waals surface area contributed by atoms with Crippen molar-refractivity contribution < 1.29 is 18.7 Å². The number of carbonyl (C=O) groups excluding carboxylic acids is 1. The Morgan fingerprint density at radius 3 is 2.52 bits per heavy atom. The fourth-order valence-electron chi connectivity index (χ4n) is 2.62. The molecule has 0 saturated heterocycles. The summed E-state index contributed by atoms with van der Waals surface area (Å²) in [5.41, 5.74) is 1.30. The number of halogens is 1. The molecular weight excluding hydrogens is 353 g/mol. The molecule has 0 aliphatic carbocycles. The van der Waals surface area contributed by atoms with E-state index in [2.05, 4.69) is 25.9 Å². The normalized spacial score (nSPS) is 11.7. The number of benzene rings is 2. The fraction of sp³-hybridized carbons (Fsp3) is 0.222. The van der Waals surface area contributed by atoms with Gasteiger partial charge < -0.3 is 14.8 Å². The van der Waals surface area contributed by atoms with Gasteiger partial charge in [-0.15, -0.1) is 10.2 Å². The lowest BCUT2D eigenvalue weighted by atomic mass is 9.97. The third-order valence-electron chi connectivity index (χ3n) is 3.99. The van der Waals surface area contributed by atoms with E-state index in [9.17, 15) is 9.18 Å². The highest BCUT2D eigenvalue weighted by Crippen LogP contribution is 2.30. The molecule has 1 amide bonds. The molecule has 3 aromatic rings. The predicted octanol–water partition coefficient (Wildman–Crippen LogP) is 2.32. The van der Waals surface area contributed by atoms with Gasteiger partial charge in [-0.3, -0.25) is 4.79 Å². The number of anilines is 1. The molecular formula is C18H18FN5O3. The third kappa shape index (κ3) is 4.38. The molecule has 0 spiro atoms. The van der Waals surface area contributed by atoms with E-state index in [1.807, 2.05) is 6.07 Å². The maximum atomic E-state index is 13.1. The molecule has 1 heterocycles. The number of nitrogens with one attached hydrogen (secondary N) is 2. The number of hydrogen-bond donors (Lipinski definition) is 2. The molecule has 8 nitrogen and oxygen atoms in total. The summed E-state index contributed by atoms with van der Waals surface area (Å²) in [5, 5.41) is 16.5. The number of methoxy groups -OCH3 is 2. The first kappa shape index (κ1) is 18.3. The number of nitrogens with zero attached hydrogens (tertiary/aromatic N) is 3. The SMILES string of the molecule is COc1ccc(CC(C(=O)Nc2ccc(F)cc2)c2nn[nH]n2)cc1OC. The smallest absolute Gasteiger partial charge is 0.235 e. The average molecular weight is 371 g/mol. The number of H-pyrrole nitrogens is 1. The van der Waals surface area contributed by atoms with Crippen LogP contribution in [0.15, 0.2) is 42.5 Å². The van der Waals surface area contributed by atoms with Crippen LogP contribution in [0.5, 0.6) is 11.5 Å². The van der Waals surface area contributed by atoms with Crippen molar-refractivity contribution in [2.75, 3.05) is 19.5 Å². The number of ether oxygens (including phenoxy) is 2. The first-order chi connectivity index (χ1) is 13.1. The van der Waals surface area contributed by atoms with Crippen molar-refractivity contribution in [1.29, 1.82) is 0 Å². The molecule has 0 bridgehead atoms. The Balaban J connectivity index is 1.84. The molecule has 2 N–H and O–H groups in total. The topological polar surface area (TPSA) is 102 Å². The summed E-state index contributed by atoms with van der Waals surface area (Å²) < 4.78 is 23.6. The zero-order chi connectivity index (χ0) is 19.2. The first-order valence-corrected chi connectivity index (χ1v) is 8.11. The molecule has 0 radical (unpaired) electrons. The zero-order valence-electron chi connectivity index (χ0n) is 14.8. The number of hydrogen-bond acceptors (Lipinski definition) is 6. The minimum Gasteiger partial charge on any atom is -0.493 e. The summed E-state index contributed by atoms with van der Waals surface area (Å²) in [5.74, 6) is -0.0175. The van der Waals surface area contributed by atoms with Crippen LogP contribution in [-0.4, -0.2) is 40.8 Å². The molecule has 1 aromatic heterocycles. The van der Waals surface area contributed by atoms with Crippen molar-refractivity contribution in [3.05, 3.63) is 59.7 Å². The van der Waals surface area contributed by atoms with Gasteiger partial charge in [0.05, 0.1) is 14.2 Å². The summed E-state index contributed by atoms with van der Waals surface area (Å²) >= 11 is 0. The predicted molar refractivity (Wildman–Crippen MR) is 95.2 cm³/mol. The van der Waals surface area contributed by atoms with Gasteiger partial charge in [-0.05, 0) is 48.4 Å². The molecule has 1 unspecified atom stereocenters. The molecule has 2 aromatic carbocycles.